The molecule has 0 aliphatic carbocycles. The van der Waals surface area contributed by atoms with Crippen molar-refractivity contribution in [1.82, 2.24) is 0 Å². The minimum Gasteiger partial charge on any atom is -0.277 e. The molecule has 0 aliphatic rings. The summed E-state index contributed by atoms with van der Waals surface area (Å²) < 4.78 is 0. The number of ketones is 1. The normalized spacial score (nSPS) is 8.73. The van der Waals surface area contributed by atoms with Gasteiger partial charge in [0.25, 0.3) is 5.78 Å². The van der Waals surface area contributed by atoms with Crippen LogP contribution in [0.25, 0.3) is 0 Å². The third-order valence-corrected chi connectivity index (χ3v) is 1.38. The number of hydrogen-bond acceptors (Lipinski definition) is 2. The molecule has 11 heavy (non-hydrogen) atoms. The summed E-state index contributed by atoms with van der Waals surface area (Å²) in [7, 11) is 0. The van der Waals surface area contributed by atoms with E-state index >= 15 is 0 Å². The van der Waals surface area contributed by atoms with Gasteiger partial charge < -0.3 is 0 Å². The molecule has 0 aromatic heterocycles. The number of benzene rings is 1. The van der Waals surface area contributed by atoms with Crippen LogP contribution in [0.3, 0.4) is 0 Å². The Kier molecular flexibility index (Phi) is 2.03. The maximum Gasteiger partial charge on any atom is 0.262 e. The number of rotatable bonds is 1. The van der Waals surface area contributed by atoms with Crippen LogP contribution in [-0.2, 0) is 0 Å². The monoisotopic (exact) mass is 145 g/mol. The summed E-state index contributed by atoms with van der Waals surface area (Å²) in [5.41, 5.74) is 1.46. The molecule has 0 aliphatic heterocycles. The van der Waals surface area contributed by atoms with Gasteiger partial charge in [-0.1, -0.05) is 23.8 Å². The van der Waals surface area contributed by atoms with Gasteiger partial charge in [0.15, 0.2) is 0 Å². The predicted molar refractivity (Wildman–Crippen MR) is 41.1 cm³/mol. The van der Waals surface area contributed by atoms with Crippen molar-refractivity contribution in [1.29, 1.82) is 5.26 Å². The molecule has 54 valence electrons. The van der Waals surface area contributed by atoms with E-state index < -0.39 is 5.78 Å². The molecule has 0 spiro atoms. The number of nitrogens with zero attached hydrogens (tertiary/aromatic N) is 1. The van der Waals surface area contributed by atoms with Gasteiger partial charge in [-0.2, -0.15) is 5.26 Å². The summed E-state index contributed by atoms with van der Waals surface area (Å²) in [6, 6.07) is 8.55. The van der Waals surface area contributed by atoms with Crippen LogP contribution in [0.5, 0.6) is 0 Å². The van der Waals surface area contributed by atoms with Gasteiger partial charge in [0.05, 0.1) is 0 Å². The third kappa shape index (κ3) is 1.65. The second-order valence-electron chi connectivity index (χ2n) is 2.31. The highest BCUT2D eigenvalue weighted by molar-refractivity contribution is 6.07. The molecule has 0 heterocycles. The Morgan fingerprint density at radius 1 is 1.55 bits per heavy atom. The summed E-state index contributed by atoms with van der Waals surface area (Å²) in [6.07, 6.45) is 0. The Labute approximate surface area is 65.1 Å². The van der Waals surface area contributed by atoms with Crippen LogP contribution in [0.15, 0.2) is 24.3 Å². The Morgan fingerprint density at radius 2 is 2.27 bits per heavy atom. The van der Waals surface area contributed by atoms with E-state index in [0.29, 0.717) is 5.56 Å². The minimum absolute atomic E-state index is 0.465. The first-order chi connectivity index (χ1) is 5.24. The first kappa shape index (κ1) is 7.49. The molecule has 2 nitrogen and oxygen atoms in total. The fourth-order valence-electron chi connectivity index (χ4n) is 0.851. The number of Topliss-reactive ketones (excluding diaryl/α,β-unsaturated/α-hetero) is 1. The summed E-state index contributed by atoms with van der Waals surface area (Å²) in [4.78, 5) is 10.8. The Bertz CT molecular complexity index is 323. The summed E-state index contributed by atoms with van der Waals surface area (Å²) in [6.45, 7) is 1.88. The largest absolute Gasteiger partial charge is 0.277 e. The van der Waals surface area contributed by atoms with E-state index in [2.05, 4.69) is 0 Å². The number of nitriles is 1. The number of hydrogen-bond donors (Lipinski definition) is 0. The van der Waals surface area contributed by atoms with E-state index in [9.17, 15) is 4.79 Å². The van der Waals surface area contributed by atoms with Crippen LogP contribution in [0.2, 0.25) is 0 Å². The van der Waals surface area contributed by atoms with E-state index in [-0.39, 0.29) is 0 Å². The standard InChI is InChI=1S/C9H7NO/c1-7-3-2-4-8(5-7)9(11)6-10/h2-5H,1H3. The van der Waals surface area contributed by atoms with Crippen LogP contribution in [0, 0.1) is 18.3 Å². The average Bonchev–Trinajstić information content (AvgIpc) is 2.03. The van der Waals surface area contributed by atoms with Crippen LogP contribution in [0.1, 0.15) is 15.9 Å². The van der Waals surface area contributed by atoms with Crippen LogP contribution >= 0.6 is 0 Å². The highest BCUT2D eigenvalue weighted by Crippen LogP contribution is 2.03. The summed E-state index contributed by atoms with van der Waals surface area (Å²) in [5, 5.41) is 8.28. The lowest BCUT2D eigenvalue weighted by Gasteiger charge is -1.93. The van der Waals surface area contributed by atoms with Gasteiger partial charge in [0.1, 0.15) is 6.07 Å². The lowest BCUT2D eigenvalue weighted by molar-refractivity contribution is 0.105. The number of carbonyl (C=O) groups is 1. The number of carbonyl (C=O) groups excluding carboxylic acids is 1. The van der Waals surface area contributed by atoms with Gasteiger partial charge in [0.2, 0.25) is 0 Å². The molecule has 0 amide bonds. The summed E-state index contributed by atoms with van der Waals surface area (Å²) in [5.74, 6) is -0.478. The van der Waals surface area contributed by atoms with Crippen LogP contribution < -0.4 is 0 Å². The van der Waals surface area contributed by atoms with E-state index in [0.717, 1.165) is 5.56 Å². The lowest BCUT2D eigenvalue weighted by Crippen LogP contribution is -1.93. The van der Waals surface area contributed by atoms with Crippen molar-refractivity contribution >= 4 is 5.78 Å². The zero-order valence-electron chi connectivity index (χ0n) is 6.16. The molecule has 0 N–H and O–H groups in total. The molecule has 2 heteroatoms. The molecule has 1 rings (SSSR count). The van der Waals surface area contributed by atoms with Crippen LogP contribution in [-0.4, -0.2) is 5.78 Å². The van der Waals surface area contributed by atoms with E-state index in [1.807, 2.05) is 13.0 Å². The third-order valence-electron chi connectivity index (χ3n) is 1.38. The molecule has 0 atom stereocenters. The predicted octanol–water partition coefficient (Wildman–Crippen LogP) is 1.70. The van der Waals surface area contributed by atoms with Gasteiger partial charge in [-0.25, -0.2) is 0 Å². The number of aryl methyl sites for hydroxylation is 1. The van der Waals surface area contributed by atoms with Crippen molar-refractivity contribution in [2.45, 2.75) is 6.92 Å². The Morgan fingerprint density at radius 3 is 2.82 bits per heavy atom. The first-order valence-electron chi connectivity index (χ1n) is 3.25. The maximum absolute atomic E-state index is 10.8. The Balaban J connectivity index is 3.08. The SMILES string of the molecule is Cc1cccc(C(=O)C#N)c1. The highest BCUT2D eigenvalue weighted by atomic mass is 16.1. The van der Waals surface area contributed by atoms with Crippen molar-refractivity contribution in [2.75, 3.05) is 0 Å². The van der Waals surface area contributed by atoms with Crippen molar-refractivity contribution in [3.63, 3.8) is 0 Å². The lowest BCUT2D eigenvalue weighted by atomic mass is 10.1. The van der Waals surface area contributed by atoms with Crippen molar-refractivity contribution < 1.29 is 4.79 Å². The van der Waals surface area contributed by atoms with Gasteiger partial charge in [0, 0.05) is 5.56 Å². The summed E-state index contributed by atoms with van der Waals surface area (Å²) >= 11 is 0. The maximum atomic E-state index is 10.8. The second kappa shape index (κ2) is 2.98. The molecular formula is C9H7NO. The van der Waals surface area contributed by atoms with Crippen molar-refractivity contribution in [3.8, 4) is 6.07 Å². The quantitative estimate of drug-likeness (QED) is 0.445. The van der Waals surface area contributed by atoms with Gasteiger partial charge >= 0.3 is 0 Å². The minimum atomic E-state index is -0.478. The molecule has 0 saturated heterocycles. The second-order valence-corrected chi connectivity index (χ2v) is 2.31. The van der Waals surface area contributed by atoms with E-state index in [4.69, 9.17) is 5.26 Å². The smallest absolute Gasteiger partial charge is 0.262 e. The van der Waals surface area contributed by atoms with Crippen molar-refractivity contribution in [2.24, 2.45) is 0 Å². The van der Waals surface area contributed by atoms with E-state index in [1.54, 1.807) is 24.3 Å². The van der Waals surface area contributed by atoms with Gasteiger partial charge in [-0.05, 0) is 13.0 Å². The molecule has 1 aromatic rings. The Hall–Kier alpha value is -1.62. The fraction of sp³-hybridized carbons (Fsp3) is 0.111. The molecule has 0 bridgehead atoms. The topological polar surface area (TPSA) is 40.9 Å². The molecule has 0 radical (unpaired) electrons. The first-order valence-corrected chi connectivity index (χ1v) is 3.25. The zero-order chi connectivity index (χ0) is 8.27. The average molecular weight is 145 g/mol. The van der Waals surface area contributed by atoms with Crippen LogP contribution in [0.4, 0.5) is 0 Å². The fourth-order valence-corrected chi connectivity index (χ4v) is 0.851. The molecule has 1 aromatic carbocycles. The molecule has 0 fully saturated rings. The van der Waals surface area contributed by atoms with Crippen molar-refractivity contribution in [3.05, 3.63) is 35.4 Å². The van der Waals surface area contributed by atoms with Gasteiger partial charge in [-0.15, -0.1) is 0 Å². The zero-order valence-corrected chi connectivity index (χ0v) is 6.16. The molecule has 0 unspecified atom stereocenters. The molecular weight excluding hydrogens is 138 g/mol. The highest BCUT2D eigenvalue weighted by Gasteiger charge is 2.01. The molecule has 0 saturated carbocycles. The van der Waals surface area contributed by atoms with Gasteiger partial charge in [-0.3, -0.25) is 4.79 Å². The van der Waals surface area contributed by atoms with E-state index in [1.165, 1.54) is 0 Å².